The molecule has 3 aromatic rings. The van der Waals surface area contributed by atoms with Crippen molar-refractivity contribution in [2.24, 2.45) is 0 Å². The van der Waals surface area contributed by atoms with E-state index in [1.807, 2.05) is 65.3 Å². The number of carbonyl (C=O) groups excluding carboxylic acids is 1. The van der Waals surface area contributed by atoms with Gasteiger partial charge in [-0.25, -0.2) is 4.98 Å². The van der Waals surface area contributed by atoms with Crippen LogP contribution < -0.4 is 4.74 Å². The second-order valence-corrected chi connectivity index (χ2v) is 8.60. The molecule has 0 bridgehead atoms. The Morgan fingerprint density at radius 3 is 2.81 bits per heavy atom. The molecular formula is C26H27N3O3. The molecule has 0 radical (unpaired) electrons. The van der Waals surface area contributed by atoms with E-state index in [0.29, 0.717) is 6.54 Å². The number of piperidine rings is 1. The lowest BCUT2D eigenvalue weighted by Gasteiger charge is -2.41. The summed E-state index contributed by atoms with van der Waals surface area (Å²) in [7, 11) is 0. The number of aryl methyl sites for hydroxylation is 2. The predicted octanol–water partition coefficient (Wildman–Crippen LogP) is 3.99. The van der Waals surface area contributed by atoms with Gasteiger partial charge in [0, 0.05) is 29.6 Å². The van der Waals surface area contributed by atoms with Gasteiger partial charge in [0.2, 0.25) is 5.91 Å². The van der Waals surface area contributed by atoms with Crippen molar-refractivity contribution in [2.45, 2.75) is 38.8 Å². The number of likely N-dealkylation sites (tertiary alicyclic amines) is 1. The number of imidazole rings is 1. The van der Waals surface area contributed by atoms with E-state index in [4.69, 9.17) is 4.74 Å². The Kier molecular flexibility index (Phi) is 5.31. The summed E-state index contributed by atoms with van der Waals surface area (Å²) in [5.41, 5.74) is 5.81. The molecule has 3 heterocycles. The lowest BCUT2D eigenvalue weighted by Crippen LogP contribution is -2.47. The molecule has 164 valence electrons. The number of aromatic nitrogens is 2. The van der Waals surface area contributed by atoms with Crippen molar-refractivity contribution in [1.29, 1.82) is 0 Å². The Morgan fingerprint density at radius 2 is 2.03 bits per heavy atom. The molecule has 5 rings (SSSR count). The maximum atomic E-state index is 13.5. The van der Waals surface area contributed by atoms with Crippen molar-refractivity contribution in [1.82, 2.24) is 14.5 Å². The van der Waals surface area contributed by atoms with Gasteiger partial charge in [-0.2, -0.15) is 0 Å². The third kappa shape index (κ3) is 3.71. The van der Waals surface area contributed by atoms with Gasteiger partial charge in [-0.1, -0.05) is 24.3 Å². The van der Waals surface area contributed by atoms with E-state index in [2.05, 4.69) is 24.0 Å². The van der Waals surface area contributed by atoms with Crippen LogP contribution in [0.3, 0.4) is 0 Å². The number of fused-ring (bicyclic) bond motifs is 1. The largest absolute Gasteiger partial charge is 0.490 e. The highest BCUT2D eigenvalue weighted by atomic mass is 16.5. The lowest BCUT2D eigenvalue weighted by atomic mass is 9.92. The molecule has 1 saturated heterocycles. The van der Waals surface area contributed by atoms with Crippen LogP contribution in [0.25, 0.3) is 11.8 Å². The third-order valence-corrected chi connectivity index (χ3v) is 6.28. The van der Waals surface area contributed by atoms with E-state index >= 15 is 0 Å². The van der Waals surface area contributed by atoms with Gasteiger partial charge in [-0.3, -0.25) is 4.79 Å². The summed E-state index contributed by atoms with van der Waals surface area (Å²) >= 11 is 0. The minimum absolute atomic E-state index is 0.0102. The van der Waals surface area contributed by atoms with Gasteiger partial charge in [0.15, 0.2) is 0 Å². The van der Waals surface area contributed by atoms with E-state index in [-0.39, 0.29) is 18.6 Å². The van der Waals surface area contributed by atoms with Crippen LogP contribution in [-0.2, 0) is 4.79 Å². The van der Waals surface area contributed by atoms with Gasteiger partial charge in [-0.15, -0.1) is 0 Å². The van der Waals surface area contributed by atoms with Crippen LogP contribution in [-0.4, -0.2) is 44.7 Å². The van der Waals surface area contributed by atoms with Gasteiger partial charge in [0.25, 0.3) is 0 Å². The molecule has 2 aliphatic rings. The number of rotatable bonds is 3. The average molecular weight is 430 g/mol. The number of hydrogen-bond donors (Lipinski definition) is 1. The lowest BCUT2D eigenvalue weighted by molar-refractivity contribution is -0.135. The van der Waals surface area contributed by atoms with Crippen LogP contribution in [0, 0.1) is 13.8 Å². The molecule has 0 saturated carbocycles. The number of nitrogens with zero attached hydrogens (tertiary/aromatic N) is 3. The first-order chi connectivity index (χ1) is 15.5. The molecule has 0 unspecified atom stereocenters. The monoisotopic (exact) mass is 429 g/mol. The number of carbonyl (C=O) groups is 1. The standard InChI is InChI=1S/C26H27N3O3/c1-17-12-19(9-10-22(17)28-14-18(2)27-16-28)13-20-6-5-11-29(26(20)31)25-21-7-3-4-8-24(21)32-15-23(25)30/h3-4,7-10,12-14,16,23,25,30H,5-6,11,15H2,1-2H3/b20-13+/t23-,25+/m0/s1. The molecule has 6 nitrogen and oxygen atoms in total. The molecule has 6 heteroatoms. The minimum Gasteiger partial charge on any atom is -0.490 e. The summed E-state index contributed by atoms with van der Waals surface area (Å²) in [4.78, 5) is 19.6. The van der Waals surface area contributed by atoms with Gasteiger partial charge < -0.3 is 19.3 Å². The van der Waals surface area contributed by atoms with Crippen molar-refractivity contribution in [2.75, 3.05) is 13.2 Å². The van der Waals surface area contributed by atoms with Gasteiger partial charge >= 0.3 is 0 Å². The molecule has 0 aliphatic carbocycles. The maximum Gasteiger partial charge on any atom is 0.250 e. The highest BCUT2D eigenvalue weighted by Crippen LogP contribution is 2.38. The molecular weight excluding hydrogens is 402 g/mol. The summed E-state index contributed by atoms with van der Waals surface area (Å²) in [6, 6.07) is 13.5. The summed E-state index contributed by atoms with van der Waals surface area (Å²) in [6.45, 7) is 4.86. The second kappa shape index (κ2) is 8.28. The quantitative estimate of drug-likeness (QED) is 0.640. The van der Waals surface area contributed by atoms with Crippen molar-refractivity contribution >= 4 is 12.0 Å². The zero-order chi connectivity index (χ0) is 22.2. The minimum atomic E-state index is -0.742. The SMILES string of the molecule is Cc1cn(-c2ccc(/C=C3\CCCN([C@@H]4c5ccccc5OC[C@@H]4O)C3=O)cc2C)cn1. The van der Waals surface area contributed by atoms with Crippen LogP contribution in [0.1, 0.15) is 41.3 Å². The Bertz CT molecular complexity index is 1200. The van der Waals surface area contributed by atoms with Gasteiger partial charge in [0.05, 0.1) is 18.1 Å². The number of aliphatic hydroxyl groups excluding tert-OH is 1. The summed E-state index contributed by atoms with van der Waals surface area (Å²) in [6.07, 6.45) is 6.66. The number of aliphatic hydroxyl groups is 1. The maximum absolute atomic E-state index is 13.5. The highest BCUT2D eigenvalue weighted by Gasteiger charge is 2.38. The number of hydrogen-bond acceptors (Lipinski definition) is 4. The zero-order valence-corrected chi connectivity index (χ0v) is 18.4. The predicted molar refractivity (Wildman–Crippen MR) is 123 cm³/mol. The third-order valence-electron chi connectivity index (χ3n) is 6.28. The van der Waals surface area contributed by atoms with Crippen LogP contribution in [0.2, 0.25) is 0 Å². The first-order valence-electron chi connectivity index (χ1n) is 11.0. The Balaban J connectivity index is 1.43. The van der Waals surface area contributed by atoms with Crippen LogP contribution in [0.4, 0.5) is 0 Å². The number of ether oxygens (including phenoxy) is 1. The van der Waals surface area contributed by atoms with E-state index < -0.39 is 6.10 Å². The fourth-order valence-electron chi connectivity index (χ4n) is 4.75. The summed E-state index contributed by atoms with van der Waals surface area (Å²) in [5.74, 6) is 0.733. The summed E-state index contributed by atoms with van der Waals surface area (Å²) < 4.78 is 7.68. The van der Waals surface area contributed by atoms with Crippen LogP contribution in [0.15, 0.2) is 60.6 Å². The Labute approximate surface area is 187 Å². The number of para-hydroxylation sites is 1. The smallest absolute Gasteiger partial charge is 0.250 e. The van der Waals surface area contributed by atoms with Crippen molar-refractivity contribution in [3.05, 3.63) is 82.9 Å². The van der Waals surface area contributed by atoms with E-state index in [0.717, 1.165) is 52.2 Å². The summed E-state index contributed by atoms with van der Waals surface area (Å²) in [5, 5.41) is 10.7. The number of benzene rings is 2. The molecule has 0 spiro atoms. The molecule has 1 aromatic heterocycles. The van der Waals surface area contributed by atoms with Crippen LogP contribution >= 0.6 is 0 Å². The van der Waals surface area contributed by atoms with Crippen molar-refractivity contribution in [3.63, 3.8) is 0 Å². The Hall–Kier alpha value is -3.38. The molecule has 2 aliphatic heterocycles. The van der Waals surface area contributed by atoms with E-state index in [9.17, 15) is 9.90 Å². The average Bonchev–Trinajstić information content (AvgIpc) is 3.22. The topological polar surface area (TPSA) is 67.6 Å². The molecule has 2 atom stereocenters. The first kappa shape index (κ1) is 20.5. The highest BCUT2D eigenvalue weighted by molar-refractivity contribution is 5.99. The Morgan fingerprint density at radius 1 is 1.19 bits per heavy atom. The van der Waals surface area contributed by atoms with Crippen molar-refractivity contribution < 1.29 is 14.6 Å². The van der Waals surface area contributed by atoms with Gasteiger partial charge in [-0.05, 0) is 62.1 Å². The fourth-order valence-corrected chi connectivity index (χ4v) is 4.75. The van der Waals surface area contributed by atoms with Crippen LogP contribution in [0.5, 0.6) is 5.75 Å². The van der Waals surface area contributed by atoms with Crippen molar-refractivity contribution in [3.8, 4) is 11.4 Å². The molecule has 1 amide bonds. The molecule has 1 fully saturated rings. The van der Waals surface area contributed by atoms with Gasteiger partial charge in [0.1, 0.15) is 18.5 Å². The van der Waals surface area contributed by atoms with E-state index in [1.54, 1.807) is 0 Å². The first-order valence-corrected chi connectivity index (χ1v) is 11.0. The fraction of sp³-hybridized carbons (Fsp3) is 0.308. The molecule has 2 aromatic carbocycles. The van der Waals surface area contributed by atoms with E-state index in [1.165, 1.54) is 0 Å². The molecule has 1 N–H and O–H groups in total. The zero-order valence-electron chi connectivity index (χ0n) is 18.4. The number of amides is 1. The normalized spacial score (nSPS) is 22.0. The molecule has 32 heavy (non-hydrogen) atoms. The second-order valence-electron chi connectivity index (χ2n) is 8.60.